The second-order valence-electron chi connectivity index (χ2n) is 5.20. The normalized spacial score (nSPS) is 11.0. The summed E-state index contributed by atoms with van der Waals surface area (Å²) in [5.74, 6) is 0.156. The lowest BCUT2D eigenvalue weighted by Gasteiger charge is -2.00. The molecule has 0 saturated heterocycles. The van der Waals surface area contributed by atoms with Gasteiger partial charge >= 0.3 is 0 Å². The van der Waals surface area contributed by atoms with Gasteiger partial charge in [0.15, 0.2) is 5.78 Å². The molecule has 1 N–H and O–H groups in total. The van der Waals surface area contributed by atoms with Gasteiger partial charge in [-0.3, -0.25) is 4.79 Å². The fourth-order valence-corrected chi connectivity index (χ4v) is 2.36. The van der Waals surface area contributed by atoms with E-state index in [0.717, 1.165) is 24.8 Å². The molecule has 2 rings (SSSR count). The molecule has 0 unspecified atom stereocenters. The summed E-state index contributed by atoms with van der Waals surface area (Å²) < 4.78 is 0. The first-order valence-electron chi connectivity index (χ1n) is 7.38. The van der Waals surface area contributed by atoms with Crippen LogP contribution in [0.15, 0.2) is 54.6 Å². The molecule has 0 aromatic heterocycles. The fraction of sp³-hybridized carbons (Fsp3) is 0.211. The quantitative estimate of drug-likeness (QED) is 0.574. The van der Waals surface area contributed by atoms with Crippen LogP contribution in [-0.4, -0.2) is 10.9 Å². The van der Waals surface area contributed by atoms with Crippen molar-refractivity contribution in [1.29, 1.82) is 0 Å². The number of phenols is 1. The summed E-state index contributed by atoms with van der Waals surface area (Å²) in [5.41, 5.74) is 2.12. The van der Waals surface area contributed by atoms with Gasteiger partial charge < -0.3 is 5.11 Å². The summed E-state index contributed by atoms with van der Waals surface area (Å²) in [7, 11) is 0. The number of hydrogen-bond acceptors (Lipinski definition) is 2. The van der Waals surface area contributed by atoms with Crippen molar-refractivity contribution in [3.05, 3.63) is 70.8 Å². The highest BCUT2D eigenvalue weighted by molar-refractivity contribution is 6.32. The first-order chi connectivity index (χ1) is 10.6. The topological polar surface area (TPSA) is 37.3 Å². The van der Waals surface area contributed by atoms with Crippen LogP contribution in [0.1, 0.15) is 30.4 Å². The van der Waals surface area contributed by atoms with Crippen molar-refractivity contribution in [2.75, 3.05) is 0 Å². The second-order valence-corrected chi connectivity index (χ2v) is 5.61. The molecule has 2 nitrogen and oxygen atoms in total. The highest BCUT2D eigenvalue weighted by Crippen LogP contribution is 2.24. The monoisotopic (exact) mass is 314 g/mol. The zero-order chi connectivity index (χ0) is 15.8. The lowest BCUT2D eigenvalue weighted by atomic mass is 10.1. The first kappa shape index (κ1) is 16.3. The molecule has 0 radical (unpaired) electrons. The Labute approximate surface area is 136 Å². The molecule has 3 heteroatoms. The number of halogens is 1. The van der Waals surface area contributed by atoms with Gasteiger partial charge in [0.25, 0.3) is 0 Å². The Morgan fingerprint density at radius 3 is 2.59 bits per heavy atom. The molecule has 0 aliphatic carbocycles. The van der Waals surface area contributed by atoms with Crippen LogP contribution >= 0.6 is 11.6 Å². The van der Waals surface area contributed by atoms with E-state index < -0.39 is 0 Å². The SMILES string of the molecule is O=C(C=Cc1ccc(O)c(Cl)c1)CCCCc1ccccc1. The van der Waals surface area contributed by atoms with E-state index in [9.17, 15) is 9.90 Å². The molecule has 0 atom stereocenters. The van der Waals surface area contributed by atoms with Crippen LogP contribution in [0.3, 0.4) is 0 Å². The van der Waals surface area contributed by atoms with Gasteiger partial charge in [-0.1, -0.05) is 54.1 Å². The van der Waals surface area contributed by atoms with E-state index in [0.29, 0.717) is 6.42 Å². The molecule has 2 aromatic rings. The molecule has 0 heterocycles. The zero-order valence-corrected chi connectivity index (χ0v) is 13.1. The van der Waals surface area contributed by atoms with Crippen LogP contribution in [0.4, 0.5) is 0 Å². The Bertz CT molecular complexity index is 648. The fourth-order valence-electron chi connectivity index (χ4n) is 2.17. The van der Waals surface area contributed by atoms with Gasteiger partial charge in [-0.25, -0.2) is 0 Å². The molecule has 0 aliphatic heterocycles. The third-order valence-corrected chi connectivity index (χ3v) is 3.72. The van der Waals surface area contributed by atoms with E-state index in [1.807, 2.05) is 18.2 Å². The van der Waals surface area contributed by atoms with Crippen molar-refractivity contribution in [1.82, 2.24) is 0 Å². The highest BCUT2D eigenvalue weighted by atomic mass is 35.5. The van der Waals surface area contributed by atoms with E-state index in [1.54, 1.807) is 24.3 Å². The lowest BCUT2D eigenvalue weighted by molar-refractivity contribution is -0.114. The number of unbranched alkanes of at least 4 members (excludes halogenated alkanes) is 1. The van der Waals surface area contributed by atoms with Gasteiger partial charge in [-0.15, -0.1) is 0 Å². The van der Waals surface area contributed by atoms with Crippen LogP contribution in [0.5, 0.6) is 5.75 Å². The molecule has 0 spiro atoms. The molecule has 0 aliphatic rings. The van der Waals surface area contributed by atoms with E-state index in [1.165, 1.54) is 11.6 Å². The summed E-state index contributed by atoms with van der Waals surface area (Å²) in [6.45, 7) is 0. The summed E-state index contributed by atoms with van der Waals surface area (Å²) in [4.78, 5) is 11.8. The molecule has 114 valence electrons. The van der Waals surface area contributed by atoms with E-state index >= 15 is 0 Å². The van der Waals surface area contributed by atoms with Crippen LogP contribution in [-0.2, 0) is 11.2 Å². The van der Waals surface area contributed by atoms with Crippen LogP contribution in [0.25, 0.3) is 6.08 Å². The number of rotatable bonds is 7. The van der Waals surface area contributed by atoms with Crippen molar-refractivity contribution < 1.29 is 9.90 Å². The number of benzene rings is 2. The van der Waals surface area contributed by atoms with Crippen molar-refractivity contribution >= 4 is 23.5 Å². The Balaban J connectivity index is 1.73. The Kier molecular flexibility index (Phi) is 6.23. The second kappa shape index (κ2) is 8.40. The molecule has 0 fully saturated rings. The zero-order valence-electron chi connectivity index (χ0n) is 12.3. The minimum atomic E-state index is 0.0473. The highest BCUT2D eigenvalue weighted by Gasteiger charge is 2.00. The first-order valence-corrected chi connectivity index (χ1v) is 7.76. The van der Waals surface area contributed by atoms with Crippen LogP contribution in [0, 0.1) is 0 Å². The average Bonchev–Trinajstić information content (AvgIpc) is 2.54. The van der Waals surface area contributed by atoms with Gasteiger partial charge in [-0.2, -0.15) is 0 Å². The van der Waals surface area contributed by atoms with E-state index in [4.69, 9.17) is 11.6 Å². The molecular formula is C19H19ClO2. The number of hydrogen-bond donors (Lipinski definition) is 1. The smallest absolute Gasteiger partial charge is 0.155 e. The van der Waals surface area contributed by atoms with Gasteiger partial charge in [0, 0.05) is 6.42 Å². The summed E-state index contributed by atoms with van der Waals surface area (Å²) in [6, 6.07) is 15.2. The Morgan fingerprint density at radius 2 is 1.86 bits per heavy atom. The van der Waals surface area contributed by atoms with Crippen molar-refractivity contribution in [3.63, 3.8) is 0 Å². The van der Waals surface area contributed by atoms with Crippen LogP contribution in [0.2, 0.25) is 5.02 Å². The van der Waals surface area contributed by atoms with Gasteiger partial charge in [0.05, 0.1) is 5.02 Å². The summed E-state index contributed by atoms with van der Waals surface area (Å²) in [6.07, 6.45) is 6.75. The Morgan fingerprint density at radius 1 is 1.09 bits per heavy atom. The molecular weight excluding hydrogens is 296 g/mol. The number of carbonyl (C=O) groups excluding carboxylic acids is 1. The third kappa shape index (κ3) is 5.38. The maximum Gasteiger partial charge on any atom is 0.155 e. The molecule has 0 amide bonds. The number of allylic oxidation sites excluding steroid dienone is 1. The summed E-state index contributed by atoms with van der Waals surface area (Å²) in [5, 5.41) is 9.62. The maximum atomic E-state index is 11.8. The number of carbonyl (C=O) groups is 1. The predicted molar refractivity (Wildman–Crippen MR) is 91.2 cm³/mol. The minimum Gasteiger partial charge on any atom is -0.506 e. The average molecular weight is 315 g/mol. The Hall–Kier alpha value is -2.06. The van der Waals surface area contributed by atoms with Gasteiger partial charge in [0.1, 0.15) is 5.75 Å². The number of ketones is 1. The standard InChI is InChI=1S/C19H19ClO2/c20-18-14-16(11-13-19(18)22)10-12-17(21)9-5-4-8-15-6-2-1-3-7-15/h1-3,6-7,10-14,22H,4-5,8-9H2. The van der Waals surface area contributed by atoms with Crippen molar-refractivity contribution in [2.45, 2.75) is 25.7 Å². The van der Waals surface area contributed by atoms with Crippen molar-refractivity contribution in [2.24, 2.45) is 0 Å². The lowest BCUT2D eigenvalue weighted by Crippen LogP contribution is -1.93. The van der Waals surface area contributed by atoms with Gasteiger partial charge in [0.2, 0.25) is 0 Å². The third-order valence-electron chi connectivity index (χ3n) is 3.41. The number of phenolic OH excluding ortho intramolecular Hbond substituents is 1. The largest absolute Gasteiger partial charge is 0.506 e. The molecule has 0 saturated carbocycles. The number of aryl methyl sites for hydroxylation is 1. The molecule has 2 aromatic carbocycles. The summed E-state index contributed by atoms with van der Waals surface area (Å²) >= 11 is 5.82. The van der Waals surface area contributed by atoms with Crippen molar-refractivity contribution in [3.8, 4) is 5.75 Å². The van der Waals surface area contributed by atoms with Crippen LogP contribution < -0.4 is 0 Å². The van der Waals surface area contributed by atoms with E-state index in [2.05, 4.69) is 12.1 Å². The van der Waals surface area contributed by atoms with Gasteiger partial charge in [-0.05, 0) is 48.6 Å². The molecule has 22 heavy (non-hydrogen) atoms. The molecule has 0 bridgehead atoms. The number of aromatic hydroxyl groups is 1. The minimum absolute atomic E-state index is 0.0473. The maximum absolute atomic E-state index is 11.8. The van der Waals surface area contributed by atoms with E-state index in [-0.39, 0.29) is 16.6 Å². The predicted octanol–water partition coefficient (Wildman–Crippen LogP) is 5.04.